The minimum Gasteiger partial charge on any atom is -0.397 e. The van der Waals surface area contributed by atoms with Gasteiger partial charge in [-0.2, -0.15) is 0 Å². The Balaban J connectivity index is 1.87. The fourth-order valence-corrected chi connectivity index (χ4v) is 3.28. The molecule has 2 N–H and O–H groups in total. The first-order valence-corrected chi connectivity index (χ1v) is 8.18. The SMILES string of the molecule is CC1C=c2ccccc2=C/C1=N/c1cc2c(cc1N)=CCCC=2. The van der Waals surface area contributed by atoms with Crippen LogP contribution < -0.4 is 26.6 Å². The topological polar surface area (TPSA) is 38.4 Å². The van der Waals surface area contributed by atoms with Crippen molar-refractivity contribution in [2.45, 2.75) is 19.8 Å². The van der Waals surface area contributed by atoms with Crippen LogP contribution in [0.15, 0.2) is 41.4 Å². The molecule has 0 bridgehead atoms. The summed E-state index contributed by atoms with van der Waals surface area (Å²) in [6.07, 6.45) is 11.2. The van der Waals surface area contributed by atoms with Gasteiger partial charge in [0.15, 0.2) is 0 Å². The lowest BCUT2D eigenvalue weighted by molar-refractivity contribution is 1.05. The molecule has 2 aromatic rings. The molecule has 0 heterocycles. The highest BCUT2D eigenvalue weighted by atomic mass is 14.8. The molecule has 0 radical (unpaired) electrons. The van der Waals surface area contributed by atoms with E-state index in [1.54, 1.807) is 0 Å². The quantitative estimate of drug-likeness (QED) is 0.798. The van der Waals surface area contributed by atoms with Gasteiger partial charge in [-0.1, -0.05) is 49.4 Å². The maximum atomic E-state index is 6.24. The van der Waals surface area contributed by atoms with Crippen molar-refractivity contribution in [1.29, 1.82) is 0 Å². The molecule has 1 unspecified atom stereocenters. The number of aliphatic imine (C=N–C) groups is 1. The van der Waals surface area contributed by atoms with E-state index < -0.39 is 0 Å². The Bertz CT molecular complexity index is 1040. The summed E-state index contributed by atoms with van der Waals surface area (Å²) in [7, 11) is 0. The second-order valence-electron chi connectivity index (χ2n) is 6.29. The van der Waals surface area contributed by atoms with Gasteiger partial charge in [0.1, 0.15) is 0 Å². The van der Waals surface area contributed by atoms with Gasteiger partial charge in [0, 0.05) is 11.6 Å². The van der Waals surface area contributed by atoms with Crippen LogP contribution >= 0.6 is 0 Å². The molecular formula is C21H20N2. The number of nitrogens with two attached hydrogens (primary N) is 1. The molecule has 114 valence electrons. The number of rotatable bonds is 1. The summed E-state index contributed by atoms with van der Waals surface area (Å²) in [5.41, 5.74) is 8.93. The molecule has 0 saturated heterocycles. The molecule has 4 rings (SSSR count). The predicted octanol–water partition coefficient (Wildman–Crippen LogP) is 1.61. The summed E-state index contributed by atoms with van der Waals surface area (Å²) in [6.45, 7) is 2.18. The van der Waals surface area contributed by atoms with Gasteiger partial charge < -0.3 is 5.73 Å². The van der Waals surface area contributed by atoms with Crippen LogP contribution in [0.25, 0.3) is 24.3 Å². The second-order valence-corrected chi connectivity index (χ2v) is 6.29. The van der Waals surface area contributed by atoms with Gasteiger partial charge in [0.05, 0.1) is 11.4 Å². The lowest BCUT2D eigenvalue weighted by atomic mass is 9.97. The highest BCUT2D eigenvalue weighted by Crippen LogP contribution is 2.21. The molecule has 2 aromatic carbocycles. The number of benzene rings is 2. The van der Waals surface area contributed by atoms with E-state index in [-0.39, 0.29) is 5.92 Å². The Labute approximate surface area is 135 Å². The highest BCUT2D eigenvalue weighted by Gasteiger charge is 2.11. The first-order valence-electron chi connectivity index (χ1n) is 8.18. The molecule has 2 nitrogen and oxygen atoms in total. The summed E-state index contributed by atoms with van der Waals surface area (Å²) in [5.74, 6) is 0.288. The van der Waals surface area contributed by atoms with Gasteiger partial charge >= 0.3 is 0 Å². The highest BCUT2D eigenvalue weighted by molar-refractivity contribution is 6.15. The first-order chi connectivity index (χ1) is 11.2. The minimum atomic E-state index is 0.288. The zero-order valence-electron chi connectivity index (χ0n) is 13.3. The molecule has 23 heavy (non-hydrogen) atoms. The molecule has 1 atom stereocenters. The number of nitrogen functional groups attached to an aromatic ring is 1. The molecule has 2 aliphatic rings. The summed E-state index contributed by atoms with van der Waals surface area (Å²) >= 11 is 0. The summed E-state index contributed by atoms with van der Waals surface area (Å²) in [6, 6.07) is 12.6. The molecule has 0 saturated carbocycles. The summed E-state index contributed by atoms with van der Waals surface area (Å²) in [4.78, 5) is 4.88. The molecular weight excluding hydrogens is 280 g/mol. The van der Waals surface area contributed by atoms with Crippen molar-refractivity contribution in [2.75, 3.05) is 5.73 Å². The van der Waals surface area contributed by atoms with Crippen molar-refractivity contribution in [1.82, 2.24) is 0 Å². The normalized spacial score (nSPS) is 20.4. The van der Waals surface area contributed by atoms with Crippen LogP contribution in [0, 0.1) is 5.92 Å². The third-order valence-electron chi connectivity index (χ3n) is 4.57. The van der Waals surface area contributed by atoms with Crippen molar-refractivity contribution in [2.24, 2.45) is 10.9 Å². The van der Waals surface area contributed by atoms with Crippen LogP contribution in [0.5, 0.6) is 0 Å². The average Bonchev–Trinajstić information content (AvgIpc) is 2.56. The Hall–Kier alpha value is -2.61. The van der Waals surface area contributed by atoms with Crippen molar-refractivity contribution >= 4 is 41.4 Å². The van der Waals surface area contributed by atoms with E-state index in [1.807, 2.05) is 0 Å². The molecule has 0 aliphatic heterocycles. The summed E-state index contributed by atoms with van der Waals surface area (Å²) < 4.78 is 0. The summed E-state index contributed by atoms with van der Waals surface area (Å²) in [5, 5.41) is 4.98. The second kappa shape index (κ2) is 5.54. The molecule has 0 aromatic heterocycles. The van der Waals surface area contributed by atoms with Crippen LogP contribution in [0.4, 0.5) is 11.4 Å². The zero-order valence-corrected chi connectivity index (χ0v) is 13.3. The number of anilines is 1. The van der Waals surface area contributed by atoms with E-state index >= 15 is 0 Å². The van der Waals surface area contributed by atoms with E-state index in [4.69, 9.17) is 10.7 Å². The monoisotopic (exact) mass is 300 g/mol. The molecule has 0 amide bonds. The largest absolute Gasteiger partial charge is 0.397 e. The van der Waals surface area contributed by atoms with Gasteiger partial charge in [-0.3, -0.25) is 4.99 Å². The van der Waals surface area contributed by atoms with Crippen LogP contribution in [0.1, 0.15) is 19.8 Å². The van der Waals surface area contributed by atoms with Gasteiger partial charge in [-0.05, 0) is 51.9 Å². The first kappa shape index (κ1) is 14.0. The maximum absolute atomic E-state index is 6.24. The molecule has 0 fully saturated rings. The third kappa shape index (κ3) is 2.61. The van der Waals surface area contributed by atoms with E-state index in [9.17, 15) is 0 Å². The van der Waals surface area contributed by atoms with Crippen LogP contribution in [0.3, 0.4) is 0 Å². The fourth-order valence-electron chi connectivity index (χ4n) is 3.28. The van der Waals surface area contributed by atoms with E-state index in [0.29, 0.717) is 0 Å². The number of hydrogen-bond donors (Lipinski definition) is 1. The van der Waals surface area contributed by atoms with E-state index in [2.05, 4.69) is 67.6 Å². The Kier molecular flexibility index (Phi) is 3.38. The molecule has 2 heteroatoms. The van der Waals surface area contributed by atoms with E-state index in [1.165, 1.54) is 20.9 Å². The number of hydrogen-bond acceptors (Lipinski definition) is 2. The van der Waals surface area contributed by atoms with Gasteiger partial charge in [0.2, 0.25) is 0 Å². The smallest absolute Gasteiger partial charge is 0.0868 e. The van der Waals surface area contributed by atoms with Gasteiger partial charge in [-0.15, -0.1) is 0 Å². The average molecular weight is 300 g/mol. The van der Waals surface area contributed by atoms with Crippen LogP contribution in [-0.4, -0.2) is 5.71 Å². The van der Waals surface area contributed by atoms with Crippen molar-refractivity contribution in [3.05, 3.63) is 57.3 Å². The van der Waals surface area contributed by atoms with E-state index in [0.717, 1.165) is 29.9 Å². The van der Waals surface area contributed by atoms with Crippen molar-refractivity contribution in [3.8, 4) is 0 Å². The fraction of sp³-hybridized carbons (Fsp3) is 0.190. The molecule has 0 spiro atoms. The maximum Gasteiger partial charge on any atom is 0.0868 e. The zero-order chi connectivity index (χ0) is 15.8. The number of nitrogens with zero attached hydrogens (tertiary/aromatic N) is 1. The Morgan fingerprint density at radius 3 is 2.43 bits per heavy atom. The standard InChI is InChI=1S/C21H20N2/c1-14-10-15-6-2-4-8-17(15)12-20(14)23-21-13-18-9-5-3-7-16(18)11-19(21)22/h2,4,6-14H,3,5,22H2,1H3/b23-20-. The van der Waals surface area contributed by atoms with Gasteiger partial charge in [0.25, 0.3) is 0 Å². The van der Waals surface area contributed by atoms with Crippen LogP contribution in [0.2, 0.25) is 0 Å². The van der Waals surface area contributed by atoms with Crippen molar-refractivity contribution < 1.29 is 0 Å². The Morgan fingerprint density at radius 1 is 0.957 bits per heavy atom. The number of fused-ring (bicyclic) bond motifs is 2. The van der Waals surface area contributed by atoms with Crippen molar-refractivity contribution in [3.63, 3.8) is 0 Å². The lowest BCUT2D eigenvalue weighted by Crippen LogP contribution is -2.32. The minimum absolute atomic E-state index is 0.288. The van der Waals surface area contributed by atoms with Gasteiger partial charge in [-0.25, -0.2) is 0 Å². The lowest BCUT2D eigenvalue weighted by Gasteiger charge is -2.13. The third-order valence-corrected chi connectivity index (χ3v) is 4.57. The Morgan fingerprint density at radius 2 is 1.65 bits per heavy atom. The molecule has 2 aliphatic carbocycles. The predicted molar refractivity (Wildman–Crippen MR) is 99.1 cm³/mol. The van der Waals surface area contributed by atoms with Crippen LogP contribution in [-0.2, 0) is 0 Å².